The average Bonchev–Trinajstić information content (AvgIpc) is 2.45. The van der Waals surface area contributed by atoms with Gasteiger partial charge in [-0.15, -0.1) is 0 Å². The van der Waals surface area contributed by atoms with Crippen LogP contribution in [0.2, 0.25) is 0 Å². The van der Waals surface area contributed by atoms with Crippen molar-refractivity contribution in [3.63, 3.8) is 0 Å². The van der Waals surface area contributed by atoms with Gasteiger partial charge in [0.1, 0.15) is 0 Å². The van der Waals surface area contributed by atoms with Crippen LogP contribution in [0.15, 0.2) is 12.1 Å². The molecule has 1 aliphatic rings. The molecule has 3 nitrogen and oxygen atoms in total. The summed E-state index contributed by atoms with van der Waals surface area (Å²) in [4.78, 5) is 12.3. The second kappa shape index (κ2) is 5.83. The number of amides is 1. The Bertz CT molecular complexity index is 490. The highest BCUT2D eigenvalue weighted by atomic mass is 19.2. The van der Waals surface area contributed by atoms with Crippen molar-refractivity contribution in [3.8, 4) is 0 Å². The van der Waals surface area contributed by atoms with Crippen LogP contribution in [0, 0.1) is 22.9 Å². The third-order valence-electron chi connectivity index (χ3n) is 3.92. The van der Waals surface area contributed by atoms with Crippen molar-refractivity contribution in [1.82, 2.24) is 0 Å². The predicted molar refractivity (Wildman–Crippen MR) is 69.5 cm³/mol. The number of carbonyl (C=O) groups excluding carboxylic acids is 1. The summed E-state index contributed by atoms with van der Waals surface area (Å²) in [6.45, 7) is 0.186. The number of halogens is 3. The molecule has 1 aliphatic carbocycles. The fourth-order valence-corrected chi connectivity index (χ4v) is 2.64. The van der Waals surface area contributed by atoms with Gasteiger partial charge in [0, 0.05) is 24.4 Å². The molecule has 1 aromatic rings. The number of rotatable bonds is 3. The van der Waals surface area contributed by atoms with E-state index < -0.39 is 22.9 Å². The molecule has 0 saturated heterocycles. The van der Waals surface area contributed by atoms with Gasteiger partial charge in [-0.05, 0) is 12.8 Å². The van der Waals surface area contributed by atoms with E-state index in [0.717, 1.165) is 31.4 Å². The summed E-state index contributed by atoms with van der Waals surface area (Å²) in [5, 5.41) is 2.45. The first-order valence-electron chi connectivity index (χ1n) is 6.64. The molecule has 6 heteroatoms. The summed E-state index contributed by atoms with van der Waals surface area (Å²) in [6.07, 6.45) is 4.16. The van der Waals surface area contributed by atoms with Crippen molar-refractivity contribution in [2.24, 2.45) is 11.1 Å². The standard InChI is InChI=1S/C14H17F3N2O/c15-10-6-9(7-11(16)12(10)17)19-13(20)14(8-18)4-2-1-3-5-14/h6-7H,1-5,8,18H2,(H,19,20). The Labute approximate surface area is 115 Å². The van der Waals surface area contributed by atoms with Crippen molar-refractivity contribution >= 4 is 11.6 Å². The van der Waals surface area contributed by atoms with Gasteiger partial charge in [0.05, 0.1) is 5.41 Å². The third-order valence-corrected chi connectivity index (χ3v) is 3.92. The summed E-state index contributed by atoms with van der Waals surface area (Å²) >= 11 is 0. The minimum absolute atomic E-state index is 0.0928. The van der Waals surface area contributed by atoms with Crippen LogP contribution in [0.3, 0.4) is 0 Å². The Morgan fingerprint density at radius 2 is 1.70 bits per heavy atom. The third kappa shape index (κ3) is 2.80. The summed E-state index contributed by atoms with van der Waals surface area (Å²) in [5.74, 6) is -4.56. The van der Waals surface area contributed by atoms with Gasteiger partial charge in [-0.2, -0.15) is 0 Å². The molecule has 0 aliphatic heterocycles. The topological polar surface area (TPSA) is 55.1 Å². The highest BCUT2D eigenvalue weighted by Gasteiger charge is 2.38. The molecular formula is C14H17F3N2O. The molecule has 110 valence electrons. The normalized spacial score (nSPS) is 17.8. The highest BCUT2D eigenvalue weighted by molar-refractivity contribution is 5.95. The molecular weight excluding hydrogens is 269 g/mol. The minimum Gasteiger partial charge on any atom is -0.329 e. The number of carbonyl (C=O) groups is 1. The molecule has 2 rings (SSSR count). The summed E-state index contributed by atoms with van der Waals surface area (Å²) in [5.41, 5.74) is 4.92. The van der Waals surface area contributed by atoms with Crippen LogP contribution in [0.25, 0.3) is 0 Å². The van der Waals surface area contributed by atoms with Gasteiger partial charge in [0.15, 0.2) is 17.5 Å². The molecule has 20 heavy (non-hydrogen) atoms. The van der Waals surface area contributed by atoms with Crippen molar-refractivity contribution in [3.05, 3.63) is 29.6 Å². The summed E-state index contributed by atoms with van der Waals surface area (Å²) < 4.78 is 39.1. The minimum atomic E-state index is -1.55. The van der Waals surface area contributed by atoms with E-state index in [9.17, 15) is 18.0 Å². The van der Waals surface area contributed by atoms with Crippen molar-refractivity contribution in [2.45, 2.75) is 32.1 Å². The lowest BCUT2D eigenvalue weighted by molar-refractivity contribution is -0.126. The fraction of sp³-hybridized carbons (Fsp3) is 0.500. The first-order chi connectivity index (χ1) is 9.48. The molecule has 0 spiro atoms. The Kier molecular flexibility index (Phi) is 4.32. The zero-order valence-corrected chi connectivity index (χ0v) is 11.0. The van der Waals surface area contributed by atoms with Gasteiger partial charge in [-0.25, -0.2) is 13.2 Å². The smallest absolute Gasteiger partial charge is 0.231 e. The van der Waals surface area contributed by atoms with E-state index >= 15 is 0 Å². The van der Waals surface area contributed by atoms with Crippen LogP contribution in [0.4, 0.5) is 18.9 Å². The molecule has 3 N–H and O–H groups in total. The quantitative estimate of drug-likeness (QED) is 0.839. The number of nitrogens with two attached hydrogens (primary N) is 1. The van der Waals surface area contributed by atoms with Crippen LogP contribution in [0.5, 0.6) is 0 Å². The van der Waals surface area contributed by atoms with Crippen LogP contribution in [-0.2, 0) is 4.79 Å². The number of anilines is 1. The Hall–Kier alpha value is -1.56. The van der Waals surface area contributed by atoms with E-state index in [1.807, 2.05) is 0 Å². The molecule has 0 heterocycles. The van der Waals surface area contributed by atoms with Crippen molar-refractivity contribution in [2.75, 3.05) is 11.9 Å². The second-order valence-electron chi connectivity index (χ2n) is 5.25. The van der Waals surface area contributed by atoms with Crippen molar-refractivity contribution < 1.29 is 18.0 Å². The molecule has 0 aromatic heterocycles. The lowest BCUT2D eigenvalue weighted by Gasteiger charge is -2.34. The molecule has 0 unspecified atom stereocenters. The van der Waals surface area contributed by atoms with Crippen molar-refractivity contribution in [1.29, 1.82) is 0 Å². The van der Waals surface area contributed by atoms with E-state index in [2.05, 4.69) is 5.32 Å². The molecule has 0 radical (unpaired) electrons. The summed E-state index contributed by atoms with van der Waals surface area (Å²) in [6, 6.07) is 1.53. The van der Waals surface area contributed by atoms with Gasteiger partial charge >= 0.3 is 0 Å². The van der Waals surface area contributed by atoms with Gasteiger partial charge in [-0.3, -0.25) is 4.79 Å². The van der Waals surface area contributed by atoms with Gasteiger partial charge in [0.25, 0.3) is 0 Å². The number of nitrogens with one attached hydrogen (secondary N) is 1. The van der Waals surface area contributed by atoms with Crippen LogP contribution < -0.4 is 11.1 Å². The number of hydrogen-bond acceptors (Lipinski definition) is 2. The molecule has 1 saturated carbocycles. The average molecular weight is 286 g/mol. The monoisotopic (exact) mass is 286 g/mol. The van der Waals surface area contributed by atoms with Gasteiger partial charge in [-0.1, -0.05) is 19.3 Å². The van der Waals surface area contributed by atoms with Crippen LogP contribution >= 0.6 is 0 Å². The molecule has 1 aromatic carbocycles. The first-order valence-corrected chi connectivity index (χ1v) is 6.64. The van der Waals surface area contributed by atoms with E-state index in [1.54, 1.807) is 0 Å². The summed E-state index contributed by atoms with van der Waals surface area (Å²) in [7, 11) is 0. The predicted octanol–water partition coefficient (Wildman–Crippen LogP) is 2.95. The first kappa shape index (κ1) is 14.8. The van der Waals surface area contributed by atoms with Gasteiger partial charge in [0.2, 0.25) is 5.91 Å². The zero-order chi connectivity index (χ0) is 14.8. The molecule has 0 atom stereocenters. The Morgan fingerprint density at radius 3 is 2.20 bits per heavy atom. The second-order valence-corrected chi connectivity index (χ2v) is 5.25. The van der Waals surface area contributed by atoms with Crippen LogP contribution in [-0.4, -0.2) is 12.5 Å². The lowest BCUT2D eigenvalue weighted by atomic mass is 9.73. The number of hydrogen-bond donors (Lipinski definition) is 2. The highest BCUT2D eigenvalue weighted by Crippen LogP contribution is 2.36. The fourth-order valence-electron chi connectivity index (χ4n) is 2.64. The van der Waals surface area contributed by atoms with E-state index in [0.29, 0.717) is 12.8 Å². The Balaban J connectivity index is 2.18. The van der Waals surface area contributed by atoms with Gasteiger partial charge < -0.3 is 11.1 Å². The zero-order valence-electron chi connectivity index (χ0n) is 11.0. The maximum Gasteiger partial charge on any atom is 0.231 e. The molecule has 0 bridgehead atoms. The number of benzene rings is 1. The van der Waals surface area contributed by atoms with Crippen LogP contribution in [0.1, 0.15) is 32.1 Å². The lowest BCUT2D eigenvalue weighted by Crippen LogP contribution is -2.43. The van der Waals surface area contributed by atoms with E-state index in [4.69, 9.17) is 5.73 Å². The largest absolute Gasteiger partial charge is 0.329 e. The molecule has 1 amide bonds. The maximum absolute atomic E-state index is 13.1. The molecule has 1 fully saturated rings. The SMILES string of the molecule is NCC1(C(=O)Nc2cc(F)c(F)c(F)c2)CCCCC1. The van der Waals surface area contributed by atoms with E-state index in [-0.39, 0.29) is 18.1 Å². The van der Waals surface area contributed by atoms with E-state index in [1.165, 1.54) is 0 Å². The Morgan fingerprint density at radius 1 is 1.15 bits per heavy atom. The maximum atomic E-state index is 13.1.